The molecule has 102 valence electrons. The van der Waals surface area contributed by atoms with Gasteiger partial charge in [-0.1, -0.05) is 51.1 Å². The summed E-state index contributed by atoms with van der Waals surface area (Å²) in [6.07, 6.45) is 1.53. The van der Waals surface area contributed by atoms with Gasteiger partial charge in [0.25, 0.3) is 0 Å². The van der Waals surface area contributed by atoms with Crippen molar-refractivity contribution in [1.82, 2.24) is 0 Å². The molecule has 0 heterocycles. The summed E-state index contributed by atoms with van der Waals surface area (Å²) in [5, 5.41) is 2.33. The van der Waals surface area contributed by atoms with Crippen LogP contribution < -0.4 is 0 Å². The van der Waals surface area contributed by atoms with Crippen molar-refractivity contribution in [1.29, 1.82) is 0 Å². The lowest BCUT2D eigenvalue weighted by molar-refractivity contribution is 0.0983. The predicted molar refractivity (Wildman–Crippen MR) is 84.0 cm³/mol. The summed E-state index contributed by atoms with van der Waals surface area (Å²) >= 11 is 0. The summed E-state index contributed by atoms with van der Waals surface area (Å²) in [6.45, 7) is 10.2. The first-order valence-corrected chi connectivity index (χ1v) is 7.17. The molecule has 0 aromatic heterocycles. The molecule has 1 heteroatoms. The Morgan fingerprint density at radius 2 is 1.63 bits per heavy atom. The van der Waals surface area contributed by atoms with Crippen molar-refractivity contribution in [3.63, 3.8) is 0 Å². The van der Waals surface area contributed by atoms with Crippen LogP contribution in [0.3, 0.4) is 0 Å². The first kappa shape index (κ1) is 15.4. The van der Waals surface area contributed by atoms with Crippen molar-refractivity contribution < 1.29 is 4.79 Å². The number of ketones is 1. The van der Waals surface area contributed by atoms with E-state index in [9.17, 15) is 4.79 Å². The number of carbonyl (C=O) groups excluding carboxylic acids is 1. The van der Waals surface area contributed by atoms with Crippen molar-refractivity contribution in [2.24, 2.45) is 0 Å². The van der Waals surface area contributed by atoms with Crippen LogP contribution in [0.1, 0.15) is 55.1 Å². The fourth-order valence-electron chi connectivity index (χ4n) is 2.40. The number of rotatable bonds is 3. The molecule has 0 N–H and O–H groups in total. The molecule has 0 atom stereocenters. The highest BCUT2D eigenvalue weighted by molar-refractivity contribution is 6.09. The molecule has 0 saturated carbocycles. The maximum atomic E-state index is 12.1. The first-order chi connectivity index (χ1) is 9.15. The molecule has 0 fully saturated rings. The highest BCUT2D eigenvalue weighted by Crippen LogP contribution is 2.26. The fraction of sp³-hybridized carbons (Fsp3) is 0.389. The average Bonchev–Trinajstić information content (AvgIpc) is 2.41. The fourth-order valence-corrected chi connectivity index (χ4v) is 2.40. The molecule has 0 aliphatic heterocycles. The quantitative estimate of drug-likeness (QED) is 0.666. The zero-order valence-corrected chi connectivity index (χ0v) is 12.7. The zero-order valence-electron chi connectivity index (χ0n) is 12.7. The Labute approximate surface area is 116 Å². The highest BCUT2D eigenvalue weighted by Gasteiger charge is 2.11. The van der Waals surface area contributed by atoms with Gasteiger partial charge in [-0.25, -0.2) is 0 Å². The minimum absolute atomic E-state index is 0.253. The van der Waals surface area contributed by atoms with Crippen LogP contribution in [0, 0.1) is 13.8 Å². The summed E-state index contributed by atoms with van der Waals surface area (Å²) < 4.78 is 0. The molecule has 0 saturated heterocycles. The van der Waals surface area contributed by atoms with Gasteiger partial charge in [-0.2, -0.15) is 0 Å². The maximum absolute atomic E-state index is 12.1. The minimum Gasteiger partial charge on any atom is -0.294 e. The van der Waals surface area contributed by atoms with E-state index in [0.29, 0.717) is 6.42 Å². The number of hydrogen-bond acceptors (Lipinski definition) is 1. The number of hydrogen-bond donors (Lipinski definition) is 0. The van der Waals surface area contributed by atoms with Gasteiger partial charge in [0.1, 0.15) is 0 Å². The number of Topliss-reactive ketones (excluding diaryl/α,β-unsaturated/α-hetero) is 1. The van der Waals surface area contributed by atoms with Gasteiger partial charge < -0.3 is 0 Å². The van der Waals surface area contributed by atoms with E-state index in [1.165, 1.54) is 16.5 Å². The van der Waals surface area contributed by atoms with Gasteiger partial charge in [0, 0.05) is 12.0 Å². The molecule has 19 heavy (non-hydrogen) atoms. The molecule has 0 bridgehead atoms. The normalized spacial score (nSPS) is 9.95. The number of benzene rings is 2. The lowest BCUT2D eigenvalue weighted by Crippen LogP contribution is -2.00. The number of carbonyl (C=O) groups is 1. The molecule has 2 aromatic rings. The van der Waals surface area contributed by atoms with Gasteiger partial charge in [-0.15, -0.1) is 0 Å². The standard InChI is InChI=1S/C16H18O.C2H6/c1-4-6-15(17)13-10-9-12(3)16-11(2)7-5-8-14(13)16;1-2/h5,7-10H,4,6H2,1-3H3;1-2H3. The summed E-state index contributed by atoms with van der Waals surface area (Å²) in [6, 6.07) is 10.2. The summed E-state index contributed by atoms with van der Waals surface area (Å²) in [5.74, 6) is 0.253. The molecule has 0 aliphatic rings. The van der Waals surface area contributed by atoms with Crippen LogP contribution in [-0.2, 0) is 0 Å². The highest BCUT2D eigenvalue weighted by atomic mass is 16.1. The van der Waals surface area contributed by atoms with Crippen LogP contribution in [0.15, 0.2) is 30.3 Å². The Balaban J connectivity index is 0.000000861. The summed E-state index contributed by atoms with van der Waals surface area (Å²) in [5.41, 5.74) is 3.36. The van der Waals surface area contributed by atoms with Crippen molar-refractivity contribution >= 4 is 16.6 Å². The van der Waals surface area contributed by atoms with Crippen LogP contribution >= 0.6 is 0 Å². The average molecular weight is 256 g/mol. The van der Waals surface area contributed by atoms with Gasteiger partial charge in [-0.3, -0.25) is 4.79 Å². The van der Waals surface area contributed by atoms with Crippen molar-refractivity contribution in [2.75, 3.05) is 0 Å². The monoisotopic (exact) mass is 256 g/mol. The van der Waals surface area contributed by atoms with Crippen LogP contribution in [0.4, 0.5) is 0 Å². The molecule has 2 aromatic carbocycles. The Morgan fingerprint density at radius 1 is 1.00 bits per heavy atom. The second-order valence-electron chi connectivity index (χ2n) is 4.60. The number of fused-ring (bicyclic) bond motifs is 1. The Morgan fingerprint density at radius 3 is 2.26 bits per heavy atom. The molecule has 1 nitrogen and oxygen atoms in total. The molecule has 0 unspecified atom stereocenters. The van der Waals surface area contributed by atoms with E-state index in [1.54, 1.807) is 0 Å². The number of aryl methyl sites for hydroxylation is 2. The third kappa shape index (κ3) is 3.23. The Bertz CT molecular complexity index is 559. The molecular weight excluding hydrogens is 232 g/mol. The van der Waals surface area contributed by atoms with Gasteiger partial charge >= 0.3 is 0 Å². The summed E-state index contributed by atoms with van der Waals surface area (Å²) in [4.78, 5) is 12.1. The van der Waals surface area contributed by atoms with E-state index in [1.807, 2.05) is 32.9 Å². The third-order valence-corrected chi connectivity index (χ3v) is 3.23. The van der Waals surface area contributed by atoms with E-state index >= 15 is 0 Å². The van der Waals surface area contributed by atoms with E-state index in [4.69, 9.17) is 0 Å². The lowest BCUT2D eigenvalue weighted by atomic mass is 9.94. The predicted octanol–water partition coefficient (Wildman–Crippen LogP) is 5.47. The van der Waals surface area contributed by atoms with Crippen LogP contribution in [0.5, 0.6) is 0 Å². The van der Waals surface area contributed by atoms with Crippen LogP contribution in [0.2, 0.25) is 0 Å². The Kier molecular flexibility index (Phi) is 5.75. The molecule has 2 rings (SSSR count). The van der Waals surface area contributed by atoms with Gasteiger partial charge in [-0.05, 0) is 42.2 Å². The topological polar surface area (TPSA) is 17.1 Å². The first-order valence-electron chi connectivity index (χ1n) is 7.17. The SMILES string of the molecule is CC.CCCC(=O)c1ccc(C)c2c(C)cccc12. The van der Waals surface area contributed by atoms with Gasteiger partial charge in [0.15, 0.2) is 5.78 Å². The van der Waals surface area contributed by atoms with E-state index in [0.717, 1.165) is 17.4 Å². The second-order valence-corrected chi connectivity index (χ2v) is 4.60. The van der Waals surface area contributed by atoms with Gasteiger partial charge in [0.05, 0.1) is 0 Å². The van der Waals surface area contributed by atoms with Crippen molar-refractivity contribution in [3.05, 3.63) is 47.0 Å². The molecular formula is C18H24O. The van der Waals surface area contributed by atoms with E-state index in [-0.39, 0.29) is 5.78 Å². The smallest absolute Gasteiger partial charge is 0.163 e. The van der Waals surface area contributed by atoms with Crippen LogP contribution in [-0.4, -0.2) is 5.78 Å². The lowest BCUT2D eigenvalue weighted by Gasteiger charge is -2.10. The Hall–Kier alpha value is -1.63. The largest absolute Gasteiger partial charge is 0.294 e. The van der Waals surface area contributed by atoms with E-state index in [2.05, 4.69) is 32.0 Å². The minimum atomic E-state index is 0.253. The van der Waals surface area contributed by atoms with Crippen LogP contribution in [0.25, 0.3) is 10.8 Å². The third-order valence-electron chi connectivity index (χ3n) is 3.23. The maximum Gasteiger partial charge on any atom is 0.163 e. The van der Waals surface area contributed by atoms with Gasteiger partial charge in [0.2, 0.25) is 0 Å². The van der Waals surface area contributed by atoms with E-state index < -0.39 is 0 Å². The van der Waals surface area contributed by atoms with Crippen molar-refractivity contribution in [2.45, 2.75) is 47.5 Å². The molecule has 0 radical (unpaired) electrons. The molecule has 0 aliphatic carbocycles. The second kappa shape index (κ2) is 7.08. The van der Waals surface area contributed by atoms with Crippen molar-refractivity contribution in [3.8, 4) is 0 Å². The zero-order chi connectivity index (χ0) is 14.4. The summed E-state index contributed by atoms with van der Waals surface area (Å²) in [7, 11) is 0. The molecule has 0 spiro atoms. The molecule has 0 amide bonds.